The molecule has 4 heterocycles. The highest BCUT2D eigenvalue weighted by molar-refractivity contribution is 6.01. The van der Waals surface area contributed by atoms with E-state index in [1.165, 1.54) is 21.6 Å². The van der Waals surface area contributed by atoms with Gasteiger partial charge < -0.3 is 14.7 Å². The average Bonchev–Trinajstić information content (AvgIpc) is 3.00. The first-order valence-electron chi connectivity index (χ1n) is 14.5. The summed E-state index contributed by atoms with van der Waals surface area (Å²) in [6.45, 7) is 12.5. The number of carbonyl (C=O) groups excluding carboxylic acids is 2. The molecule has 1 aliphatic heterocycles. The van der Waals surface area contributed by atoms with Crippen molar-refractivity contribution < 1.29 is 14.0 Å². The van der Waals surface area contributed by atoms with E-state index in [-0.39, 0.29) is 46.5 Å². The van der Waals surface area contributed by atoms with Crippen LogP contribution in [-0.4, -0.2) is 80.9 Å². The monoisotopic (exact) mass is 597 g/mol. The van der Waals surface area contributed by atoms with Gasteiger partial charge in [0.1, 0.15) is 17.3 Å². The van der Waals surface area contributed by atoms with Gasteiger partial charge in [-0.2, -0.15) is 4.98 Å². The minimum absolute atomic E-state index is 0.0413. The summed E-state index contributed by atoms with van der Waals surface area (Å²) >= 11 is 0. The van der Waals surface area contributed by atoms with Crippen molar-refractivity contribution >= 4 is 28.7 Å². The second-order valence-corrected chi connectivity index (χ2v) is 11.5. The SMILES string of the molecule is C=CC(=O)N1CCN(c2nc(=O)n(-c3c(C)ccnc3C(C)C)c3nc(-c4ccccc4C(=O)N(C)C)c(F)cc23)[C@@H](C)C1. The zero-order valence-corrected chi connectivity index (χ0v) is 25.8. The van der Waals surface area contributed by atoms with Crippen LogP contribution in [0.25, 0.3) is 28.0 Å². The lowest BCUT2D eigenvalue weighted by molar-refractivity contribution is -0.126. The van der Waals surface area contributed by atoms with E-state index < -0.39 is 11.5 Å². The molecular formula is C33H36FN7O3. The normalized spacial score (nSPS) is 15.1. The molecule has 0 saturated carbocycles. The number of rotatable bonds is 6. The molecule has 0 bridgehead atoms. The number of aromatic nitrogens is 4. The van der Waals surface area contributed by atoms with Crippen LogP contribution in [0.5, 0.6) is 0 Å². The van der Waals surface area contributed by atoms with E-state index in [9.17, 15) is 14.4 Å². The molecule has 228 valence electrons. The van der Waals surface area contributed by atoms with Crippen LogP contribution < -0.4 is 10.6 Å². The van der Waals surface area contributed by atoms with Gasteiger partial charge in [0.05, 0.1) is 16.8 Å². The first-order chi connectivity index (χ1) is 20.9. The van der Waals surface area contributed by atoms with E-state index in [1.807, 2.05) is 32.6 Å². The summed E-state index contributed by atoms with van der Waals surface area (Å²) in [6, 6.07) is 9.61. The minimum atomic E-state index is -0.662. The predicted molar refractivity (Wildman–Crippen MR) is 169 cm³/mol. The first-order valence-corrected chi connectivity index (χ1v) is 14.5. The maximum Gasteiger partial charge on any atom is 0.355 e. The molecule has 1 saturated heterocycles. The fraction of sp³-hybridized carbons (Fsp3) is 0.333. The summed E-state index contributed by atoms with van der Waals surface area (Å²) in [5.41, 5.74) is 2.11. The van der Waals surface area contributed by atoms with E-state index in [0.717, 1.165) is 5.56 Å². The van der Waals surface area contributed by atoms with Crippen molar-refractivity contribution in [3.63, 3.8) is 0 Å². The molecule has 10 nitrogen and oxygen atoms in total. The summed E-state index contributed by atoms with van der Waals surface area (Å²) in [6.07, 6.45) is 2.97. The van der Waals surface area contributed by atoms with E-state index in [2.05, 4.69) is 16.5 Å². The lowest BCUT2D eigenvalue weighted by Gasteiger charge is -2.40. The molecule has 0 N–H and O–H groups in total. The molecule has 0 unspecified atom stereocenters. The molecule has 0 spiro atoms. The van der Waals surface area contributed by atoms with Crippen LogP contribution in [0.4, 0.5) is 10.2 Å². The van der Waals surface area contributed by atoms with Gasteiger partial charge in [0.15, 0.2) is 5.65 Å². The fourth-order valence-corrected chi connectivity index (χ4v) is 5.72. The lowest BCUT2D eigenvalue weighted by atomic mass is 10.0. The smallest absolute Gasteiger partial charge is 0.350 e. The molecule has 44 heavy (non-hydrogen) atoms. The number of fused-ring (bicyclic) bond motifs is 1. The van der Waals surface area contributed by atoms with Crippen LogP contribution in [0.3, 0.4) is 0 Å². The Labute approximate surface area is 255 Å². The Morgan fingerprint density at radius 2 is 1.86 bits per heavy atom. The molecule has 1 atom stereocenters. The number of nitrogens with zero attached hydrogens (tertiary/aromatic N) is 7. The zero-order valence-electron chi connectivity index (χ0n) is 25.8. The van der Waals surface area contributed by atoms with Gasteiger partial charge in [0.25, 0.3) is 5.91 Å². The summed E-state index contributed by atoms with van der Waals surface area (Å²) in [5.74, 6) is -0.907. The van der Waals surface area contributed by atoms with Crippen LogP contribution in [0.1, 0.15) is 48.3 Å². The summed E-state index contributed by atoms with van der Waals surface area (Å²) in [5, 5.41) is 0.329. The number of carbonyl (C=O) groups is 2. The van der Waals surface area contributed by atoms with Crippen molar-refractivity contribution in [3.8, 4) is 16.9 Å². The van der Waals surface area contributed by atoms with Gasteiger partial charge in [-0.15, -0.1) is 0 Å². The van der Waals surface area contributed by atoms with Gasteiger partial charge in [-0.3, -0.25) is 14.6 Å². The first kappa shape index (κ1) is 30.5. The van der Waals surface area contributed by atoms with Crippen LogP contribution >= 0.6 is 0 Å². The molecule has 4 aromatic rings. The highest BCUT2D eigenvalue weighted by atomic mass is 19.1. The Morgan fingerprint density at radius 3 is 2.52 bits per heavy atom. The largest absolute Gasteiger partial charge is 0.355 e. The Balaban J connectivity index is 1.83. The van der Waals surface area contributed by atoms with Crippen LogP contribution in [0.15, 0.2) is 60.0 Å². The quantitative estimate of drug-likeness (QED) is 0.305. The number of piperazine rings is 1. The van der Waals surface area contributed by atoms with Crippen LogP contribution in [-0.2, 0) is 4.79 Å². The second-order valence-electron chi connectivity index (χ2n) is 11.5. The number of halogens is 1. The molecule has 0 radical (unpaired) electrons. The minimum Gasteiger partial charge on any atom is -0.350 e. The van der Waals surface area contributed by atoms with Gasteiger partial charge >= 0.3 is 5.69 Å². The molecular weight excluding hydrogens is 561 g/mol. The highest BCUT2D eigenvalue weighted by Gasteiger charge is 2.31. The Bertz CT molecular complexity index is 1850. The lowest BCUT2D eigenvalue weighted by Crippen LogP contribution is -2.54. The van der Waals surface area contributed by atoms with E-state index in [1.54, 1.807) is 55.5 Å². The average molecular weight is 598 g/mol. The predicted octanol–water partition coefficient (Wildman–Crippen LogP) is 4.34. The Kier molecular flexibility index (Phi) is 8.31. The van der Waals surface area contributed by atoms with Crippen molar-refractivity contribution in [2.75, 3.05) is 38.6 Å². The van der Waals surface area contributed by atoms with E-state index in [4.69, 9.17) is 4.98 Å². The van der Waals surface area contributed by atoms with Gasteiger partial charge in [-0.05, 0) is 49.6 Å². The van der Waals surface area contributed by atoms with Crippen molar-refractivity contribution in [3.05, 3.63) is 88.4 Å². The summed E-state index contributed by atoms with van der Waals surface area (Å²) < 4.78 is 17.6. The van der Waals surface area contributed by atoms with Crippen molar-refractivity contribution in [1.29, 1.82) is 0 Å². The number of aryl methyl sites for hydroxylation is 1. The van der Waals surface area contributed by atoms with Crippen molar-refractivity contribution in [2.45, 2.75) is 39.7 Å². The second kappa shape index (κ2) is 12.0. The third-order valence-electron chi connectivity index (χ3n) is 7.93. The van der Waals surface area contributed by atoms with Crippen LogP contribution in [0.2, 0.25) is 0 Å². The molecule has 1 fully saturated rings. The molecule has 5 rings (SSSR count). The standard InChI is InChI=1S/C33H36FN7O3/c1-8-26(42)39-15-16-40(21(5)18-39)30-24-17-25(34)28(22-11-9-10-12-23(22)32(43)38(6)7)36-31(24)41(33(44)37-30)29-20(4)13-14-35-27(29)19(2)3/h8-14,17,19,21H,1,15-16,18H2,2-7H3/t21-/m0/s1. The molecule has 0 aliphatic carbocycles. The molecule has 11 heteroatoms. The molecule has 3 aromatic heterocycles. The Morgan fingerprint density at radius 1 is 1.14 bits per heavy atom. The fourth-order valence-electron chi connectivity index (χ4n) is 5.72. The number of benzene rings is 1. The van der Waals surface area contributed by atoms with Gasteiger partial charge in [0.2, 0.25) is 5.91 Å². The molecule has 2 amide bonds. The number of pyridine rings is 2. The van der Waals surface area contributed by atoms with Gasteiger partial charge in [0, 0.05) is 57.1 Å². The maximum absolute atomic E-state index is 16.2. The van der Waals surface area contributed by atoms with Crippen molar-refractivity contribution in [1.82, 2.24) is 29.3 Å². The van der Waals surface area contributed by atoms with Crippen molar-refractivity contribution in [2.24, 2.45) is 0 Å². The third-order valence-corrected chi connectivity index (χ3v) is 7.93. The number of hydrogen-bond donors (Lipinski definition) is 0. The zero-order chi connectivity index (χ0) is 31.9. The molecule has 1 aromatic carbocycles. The summed E-state index contributed by atoms with van der Waals surface area (Å²) in [4.78, 5) is 58.4. The molecule has 1 aliphatic rings. The van der Waals surface area contributed by atoms with Gasteiger partial charge in [-0.25, -0.2) is 18.7 Å². The van der Waals surface area contributed by atoms with E-state index >= 15 is 4.39 Å². The number of anilines is 1. The Hall–Kier alpha value is -4.93. The summed E-state index contributed by atoms with van der Waals surface area (Å²) in [7, 11) is 3.25. The van der Waals surface area contributed by atoms with E-state index in [0.29, 0.717) is 42.0 Å². The number of hydrogen-bond acceptors (Lipinski definition) is 7. The highest BCUT2D eigenvalue weighted by Crippen LogP contribution is 2.34. The van der Waals surface area contributed by atoms with Gasteiger partial charge in [-0.1, -0.05) is 38.6 Å². The third kappa shape index (κ3) is 5.34. The topological polar surface area (TPSA) is 105 Å². The maximum atomic E-state index is 16.2. The number of amides is 2. The van der Waals surface area contributed by atoms with Crippen LogP contribution in [0, 0.1) is 12.7 Å².